The van der Waals surface area contributed by atoms with Crippen molar-refractivity contribution in [2.24, 2.45) is 5.41 Å². The molecule has 4 heteroatoms. The van der Waals surface area contributed by atoms with Gasteiger partial charge in [0, 0.05) is 17.5 Å². The summed E-state index contributed by atoms with van der Waals surface area (Å²) >= 11 is 0. The number of carbonyl (C=O) groups is 1. The van der Waals surface area contributed by atoms with Crippen LogP contribution in [0.2, 0.25) is 0 Å². The highest BCUT2D eigenvalue weighted by atomic mass is 16.2. The van der Waals surface area contributed by atoms with Crippen LogP contribution in [0.15, 0.2) is 18.2 Å². The van der Waals surface area contributed by atoms with Crippen molar-refractivity contribution in [1.82, 2.24) is 9.97 Å². The number of hydrogen-bond acceptors (Lipinski definition) is 2. The second kappa shape index (κ2) is 4.44. The van der Waals surface area contributed by atoms with Crippen molar-refractivity contribution in [1.29, 1.82) is 0 Å². The van der Waals surface area contributed by atoms with Crippen molar-refractivity contribution < 1.29 is 4.79 Å². The molecule has 1 aromatic heterocycles. The number of nitrogens with zero attached hydrogens (tertiary/aromatic N) is 1. The molecule has 2 rings (SSSR count). The fourth-order valence-electron chi connectivity index (χ4n) is 1.63. The molecule has 2 aromatic rings. The summed E-state index contributed by atoms with van der Waals surface area (Å²) in [4.78, 5) is 19.6. The van der Waals surface area contributed by atoms with E-state index >= 15 is 0 Å². The lowest BCUT2D eigenvalue weighted by Crippen LogP contribution is -2.27. The van der Waals surface area contributed by atoms with Crippen LogP contribution in [0.3, 0.4) is 0 Å². The van der Waals surface area contributed by atoms with Crippen LogP contribution in [-0.2, 0) is 11.2 Å². The normalized spacial score (nSPS) is 11.8. The molecule has 2 N–H and O–H groups in total. The van der Waals surface area contributed by atoms with Gasteiger partial charge in [-0.25, -0.2) is 4.98 Å². The van der Waals surface area contributed by atoms with Gasteiger partial charge in [0.25, 0.3) is 0 Å². The quantitative estimate of drug-likeness (QED) is 0.854. The van der Waals surface area contributed by atoms with Crippen LogP contribution in [0.5, 0.6) is 0 Å². The first-order valence-electron chi connectivity index (χ1n) is 6.20. The molecule has 0 bridgehead atoms. The molecule has 0 radical (unpaired) electrons. The minimum atomic E-state index is -0.391. The molecule has 0 spiro atoms. The van der Waals surface area contributed by atoms with Crippen LogP contribution < -0.4 is 5.32 Å². The molecule has 18 heavy (non-hydrogen) atoms. The zero-order valence-corrected chi connectivity index (χ0v) is 11.3. The second-order valence-corrected chi connectivity index (χ2v) is 5.47. The van der Waals surface area contributed by atoms with Gasteiger partial charge in [0.15, 0.2) is 0 Å². The van der Waals surface area contributed by atoms with E-state index < -0.39 is 5.41 Å². The van der Waals surface area contributed by atoms with Crippen LogP contribution in [0.1, 0.15) is 33.5 Å². The van der Waals surface area contributed by atoms with Crippen LogP contribution in [-0.4, -0.2) is 15.9 Å². The van der Waals surface area contributed by atoms with Crippen molar-refractivity contribution in [2.75, 3.05) is 5.32 Å². The number of aromatic amines is 1. The summed E-state index contributed by atoms with van der Waals surface area (Å²) in [6.07, 6.45) is 0.873. The summed E-state index contributed by atoms with van der Waals surface area (Å²) in [6, 6.07) is 5.72. The third-order valence-electron chi connectivity index (χ3n) is 2.80. The SMILES string of the molecule is CCc1nc2ccc(NC(=O)C(C)(C)C)cc2[nH]1. The molecule has 1 aromatic carbocycles. The number of imidazole rings is 1. The number of hydrogen-bond donors (Lipinski definition) is 2. The van der Waals surface area contributed by atoms with Crippen LogP contribution in [0.4, 0.5) is 5.69 Å². The van der Waals surface area contributed by atoms with Crippen molar-refractivity contribution in [3.05, 3.63) is 24.0 Å². The number of aromatic nitrogens is 2. The highest BCUT2D eigenvalue weighted by Gasteiger charge is 2.21. The molecule has 0 fully saturated rings. The Labute approximate surface area is 107 Å². The zero-order chi connectivity index (χ0) is 13.3. The van der Waals surface area contributed by atoms with E-state index in [0.717, 1.165) is 29.0 Å². The van der Waals surface area contributed by atoms with Gasteiger partial charge in [-0.2, -0.15) is 0 Å². The highest BCUT2D eigenvalue weighted by Crippen LogP contribution is 2.20. The van der Waals surface area contributed by atoms with E-state index in [9.17, 15) is 4.79 Å². The Hall–Kier alpha value is -1.84. The molecule has 4 nitrogen and oxygen atoms in total. The zero-order valence-electron chi connectivity index (χ0n) is 11.3. The maximum absolute atomic E-state index is 11.9. The summed E-state index contributed by atoms with van der Waals surface area (Å²) in [5.41, 5.74) is 2.30. The smallest absolute Gasteiger partial charge is 0.229 e. The number of amides is 1. The Morgan fingerprint density at radius 1 is 1.39 bits per heavy atom. The Balaban J connectivity index is 2.27. The minimum Gasteiger partial charge on any atom is -0.342 e. The lowest BCUT2D eigenvalue weighted by molar-refractivity contribution is -0.123. The maximum atomic E-state index is 11.9. The molecule has 1 heterocycles. The first-order chi connectivity index (χ1) is 8.40. The third-order valence-corrected chi connectivity index (χ3v) is 2.80. The van der Waals surface area contributed by atoms with E-state index in [0.29, 0.717) is 0 Å². The number of rotatable bonds is 2. The van der Waals surface area contributed by atoms with E-state index in [1.54, 1.807) is 0 Å². The highest BCUT2D eigenvalue weighted by molar-refractivity contribution is 5.96. The molecule has 0 aliphatic rings. The van der Waals surface area contributed by atoms with Gasteiger partial charge in [0.05, 0.1) is 11.0 Å². The molecule has 0 aliphatic heterocycles. The first-order valence-corrected chi connectivity index (χ1v) is 6.20. The molecular weight excluding hydrogens is 226 g/mol. The van der Waals surface area contributed by atoms with Crippen molar-refractivity contribution >= 4 is 22.6 Å². The fraction of sp³-hybridized carbons (Fsp3) is 0.429. The van der Waals surface area contributed by atoms with Gasteiger partial charge in [-0.15, -0.1) is 0 Å². The molecule has 1 amide bonds. The predicted octanol–water partition coefficient (Wildman–Crippen LogP) is 3.11. The van der Waals surface area contributed by atoms with Gasteiger partial charge in [-0.3, -0.25) is 4.79 Å². The average molecular weight is 245 g/mol. The van der Waals surface area contributed by atoms with E-state index in [1.165, 1.54) is 0 Å². The Kier molecular flexibility index (Phi) is 3.11. The second-order valence-electron chi connectivity index (χ2n) is 5.47. The van der Waals surface area contributed by atoms with Crippen molar-refractivity contribution in [3.63, 3.8) is 0 Å². The summed E-state index contributed by atoms with van der Waals surface area (Å²) in [5.74, 6) is 0.973. The van der Waals surface area contributed by atoms with Gasteiger partial charge in [-0.1, -0.05) is 27.7 Å². The summed E-state index contributed by atoms with van der Waals surface area (Å²) in [7, 11) is 0. The van der Waals surface area contributed by atoms with Crippen LogP contribution >= 0.6 is 0 Å². The number of benzene rings is 1. The van der Waals surface area contributed by atoms with Gasteiger partial charge in [0.2, 0.25) is 5.91 Å². The van der Waals surface area contributed by atoms with Crippen molar-refractivity contribution in [2.45, 2.75) is 34.1 Å². The summed E-state index contributed by atoms with van der Waals surface area (Å²) in [5, 5.41) is 2.91. The van der Waals surface area contributed by atoms with Crippen LogP contribution in [0, 0.1) is 5.41 Å². The van der Waals surface area contributed by atoms with Crippen molar-refractivity contribution in [3.8, 4) is 0 Å². The molecule has 0 saturated carbocycles. The molecule has 0 unspecified atom stereocenters. The van der Waals surface area contributed by atoms with Crippen LogP contribution in [0.25, 0.3) is 11.0 Å². The molecule has 0 atom stereocenters. The maximum Gasteiger partial charge on any atom is 0.229 e. The van der Waals surface area contributed by atoms with Gasteiger partial charge < -0.3 is 10.3 Å². The lowest BCUT2D eigenvalue weighted by atomic mass is 9.95. The van der Waals surface area contributed by atoms with Gasteiger partial charge >= 0.3 is 0 Å². The first kappa shape index (κ1) is 12.6. The standard InChI is InChI=1S/C14H19N3O/c1-5-12-16-10-7-6-9(8-11(10)17-12)15-13(18)14(2,3)4/h6-8H,5H2,1-4H3,(H,15,18)(H,16,17). The van der Waals surface area contributed by atoms with E-state index in [2.05, 4.69) is 22.2 Å². The largest absolute Gasteiger partial charge is 0.342 e. The van der Waals surface area contributed by atoms with E-state index in [-0.39, 0.29) is 5.91 Å². The predicted molar refractivity (Wildman–Crippen MR) is 73.6 cm³/mol. The fourth-order valence-corrected chi connectivity index (χ4v) is 1.63. The summed E-state index contributed by atoms with van der Waals surface area (Å²) < 4.78 is 0. The Bertz CT molecular complexity index is 578. The Morgan fingerprint density at radius 2 is 2.11 bits per heavy atom. The monoisotopic (exact) mass is 245 g/mol. The average Bonchev–Trinajstić information content (AvgIpc) is 2.69. The number of H-pyrrole nitrogens is 1. The molecular formula is C14H19N3O. The van der Waals surface area contributed by atoms with Gasteiger partial charge in [0.1, 0.15) is 5.82 Å². The molecule has 0 saturated heterocycles. The number of anilines is 1. The number of aryl methyl sites for hydroxylation is 1. The topological polar surface area (TPSA) is 57.8 Å². The Morgan fingerprint density at radius 3 is 2.72 bits per heavy atom. The van der Waals surface area contributed by atoms with E-state index in [1.807, 2.05) is 39.0 Å². The minimum absolute atomic E-state index is 0.0112. The number of nitrogens with one attached hydrogen (secondary N) is 2. The number of fused-ring (bicyclic) bond motifs is 1. The van der Waals surface area contributed by atoms with E-state index in [4.69, 9.17) is 0 Å². The van der Waals surface area contributed by atoms with Gasteiger partial charge in [-0.05, 0) is 18.2 Å². The molecule has 96 valence electrons. The third kappa shape index (κ3) is 2.53. The summed E-state index contributed by atoms with van der Waals surface area (Å²) in [6.45, 7) is 7.74. The molecule has 0 aliphatic carbocycles. The number of carbonyl (C=O) groups excluding carboxylic acids is 1. The lowest BCUT2D eigenvalue weighted by Gasteiger charge is -2.17.